The van der Waals surface area contributed by atoms with Gasteiger partial charge in [0.1, 0.15) is 10.6 Å². The van der Waals surface area contributed by atoms with E-state index >= 15 is 0 Å². The van der Waals surface area contributed by atoms with Crippen molar-refractivity contribution < 1.29 is 33.3 Å². The number of sulfonamides is 1. The molecule has 9 heteroatoms. The zero-order valence-corrected chi connectivity index (χ0v) is 15.4. The maximum atomic E-state index is 12.8. The molecule has 0 fully saturated rings. The van der Waals surface area contributed by atoms with Crippen LogP contribution in [0.2, 0.25) is 0 Å². The molecule has 146 valence electrons. The topological polar surface area (TPSA) is 141 Å². The lowest BCUT2D eigenvalue weighted by atomic mass is 9.83. The first-order valence-corrected chi connectivity index (χ1v) is 9.79. The van der Waals surface area contributed by atoms with Crippen molar-refractivity contribution in [1.29, 1.82) is 0 Å². The molecular formula is C20H13NO7S. The van der Waals surface area contributed by atoms with E-state index in [2.05, 4.69) is 0 Å². The molecule has 3 aromatic rings. The van der Waals surface area contributed by atoms with E-state index in [1.54, 1.807) is 12.1 Å². The van der Waals surface area contributed by atoms with Crippen LogP contribution in [0, 0.1) is 0 Å². The fourth-order valence-corrected chi connectivity index (χ4v) is 4.34. The minimum atomic E-state index is -4.37. The van der Waals surface area contributed by atoms with Crippen LogP contribution in [0.4, 0.5) is 5.69 Å². The molecule has 3 aromatic carbocycles. The number of hydrogen-bond donors (Lipinski definition) is 4. The second-order valence-electron chi connectivity index (χ2n) is 6.32. The van der Waals surface area contributed by atoms with Gasteiger partial charge in [-0.1, -0.05) is 36.4 Å². The number of benzene rings is 3. The summed E-state index contributed by atoms with van der Waals surface area (Å²) in [6, 6.07) is 12.1. The number of ketones is 2. The monoisotopic (exact) mass is 411 g/mol. The zero-order valence-electron chi connectivity index (χ0n) is 14.6. The highest BCUT2D eigenvalue weighted by Crippen LogP contribution is 2.43. The Hall–Kier alpha value is -3.85. The highest BCUT2D eigenvalue weighted by Gasteiger charge is 2.35. The van der Waals surface area contributed by atoms with Gasteiger partial charge < -0.3 is 15.3 Å². The van der Waals surface area contributed by atoms with Crippen LogP contribution in [0.5, 0.6) is 17.2 Å². The Morgan fingerprint density at radius 1 is 0.724 bits per heavy atom. The van der Waals surface area contributed by atoms with E-state index in [1.165, 1.54) is 24.3 Å². The van der Waals surface area contributed by atoms with Crippen LogP contribution in [-0.4, -0.2) is 35.3 Å². The van der Waals surface area contributed by atoms with Gasteiger partial charge in [-0.3, -0.25) is 14.3 Å². The summed E-state index contributed by atoms with van der Waals surface area (Å²) < 4.78 is 27.2. The van der Waals surface area contributed by atoms with Gasteiger partial charge in [-0.05, 0) is 18.2 Å². The van der Waals surface area contributed by atoms with E-state index in [0.717, 1.165) is 18.2 Å². The van der Waals surface area contributed by atoms with Crippen LogP contribution < -0.4 is 4.72 Å². The predicted octanol–water partition coefficient (Wildman–Crippen LogP) is 2.38. The van der Waals surface area contributed by atoms with Gasteiger partial charge in [0.25, 0.3) is 10.0 Å². The first kappa shape index (κ1) is 18.5. The van der Waals surface area contributed by atoms with Crippen molar-refractivity contribution in [1.82, 2.24) is 0 Å². The normalized spacial score (nSPS) is 13.0. The van der Waals surface area contributed by atoms with Gasteiger partial charge in [-0.25, -0.2) is 8.42 Å². The van der Waals surface area contributed by atoms with Crippen LogP contribution in [0.3, 0.4) is 0 Å². The summed E-state index contributed by atoms with van der Waals surface area (Å²) in [5.41, 5.74) is -0.993. The summed E-state index contributed by atoms with van der Waals surface area (Å²) in [5.74, 6) is -3.62. The molecule has 0 heterocycles. The summed E-state index contributed by atoms with van der Waals surface area (Å²) >= 11 is 0. The average molecular weight is 411 g/mol. The van der Waals surface area contributed by atoms with Gasteiger partial charge in [0, 0.05) is 16.7 Å². The van der Waals surface area contributed by atoms with Crippen molar-refractivity contribution in [2.24, 2.45) is 0 Å². The van der Waals surface area contributed by atoms with Gasteiger partial charge >= 0.3 is 0 Å². The molecular weight excluding hydrogens is 398 g/mol. The van der Waals surface area contributed by atoms with Crippen molar-refractivity contribution in [2.45, 2.75) is 4.90 Å². The zero-order chi connectivity index (χ0) is 20.9. The molecule has 1 aliphatic carbocycles. The minimum Gasteiger partial charge on any atom is -0.507 e. The predicted molar refractivity (Wildman–Crippen MR) is 102 cm³/mol. The summed E-state index contributed by atoms with van der Waals surface area (Å²) in [4.78, 5) is 25.0. The second kappa shape index (κ2) is 6.35. The number of nitrogens with one attached hydrogen (secondary N) is 1. The molecule has 0 aromatic heterocycles. The number of aromatic hydroxyl groups is 3. The number of phenolic OH excluding ortho intramolecular Hbond substituents is 3. The van der Waals surface area contributed by atoms with Crippen molar-refractivity contribution in [3.8, 4) is 17.2 Å². The second-order valence-corrected chi connectivity index (χ2v) is 7.97. The lowest BCUT2D eigenvalue weighted by Crippen LogP contribution is -2.22. The van der Waals surface area contributed by atoms with Crippen LogP contribution in [0.25, 0.3) is 0 Å². The van der Waals surface area contributed by atoms with Crippen LogP contribution in [0.15, 0.2) is 59.5 Å². The molecule has 0 bridgehead atoms. The van der Waals surface area contributed by atoms with Crippen molar-refractivity contribution in [3.05, 3.63) is 76.9 Å². The molecule has 4 rings (SSSR count). The maximum absolute atomic E-state index is 12.8. The molecule has 8 nitrogen and oxygen atoms in total. The van der Waals surface area contributed by atoms with Gasteiger partial charge in [-0.15, -0.1) is 0 Å². The molecule has 0 spiro atoms. The van der Waals surface area contributed by atoms with Crippen LogP contribution in [0.1, 0.15) is 31.8 Å². The SMILES string of the molecule is O=C1c2ccccc2C(=O)c2c1cc(NS(=O)(=O)c1ccccc1O)c(O)c2O. The van der Waals surface area contributed by atoms with E-state index in [4.69, 9.17) is 0 Å². The lowest BCUT2D eigenvalue weighted by molar-refractivity contribution is 0.0976. The smallest absolute Gasteiger partial charge is 0.265 e. The number of carbonyl (C=O) groups is 2. The molecule has 1 aliphatic rings. The Morgan fingerprint density at radius 3 is 1.97 bits per heavy atom. The third-order valence-corrected chi connectivity index (χ3v) is 5.97. The number of anilines is 1. The number of fused-ring (bicyclic) bond motifs is 2. The van der Waals surface area contributed by atoms with E-state index in [0.29, 0.717) is 0 Å². The van der Waals surface area contributed by atoms with E-state index in [1.807, 2.05) is 4.72 Å². The molecule has 0 atom stereocenters. The Labute approximate surface area is 164 Å². The lowest BCUT2D eigenvalue weighted by Gasteiger charge is -2.21. The molecule has 0 amide bonds. The van der Waals surface area contributed by atoms with Crippen LogP contribution >= 0.6 is 0 Å². The quantitative estimate of drug-likeness (QED) is 0.379. The number of carbonyl (C=O) groups excluding carboxylic acids is 2. The van der Waals surface area contributed by atoms with Gasteiger partial charge in [0.05, 0.1) is 11.3 Å². The summed E-state index contributed by atoms with van der Waals surface area (Å²) in [6.45, 7) is 0. The molecule has 0 saturated heterocycles. The van der Waals surface area contributed by atoms with Crippen molar-refractivity contribution >= 4 is 27.3 Å². The summed E-state index contributed by atoms with van der Waals surface area (Å²) in [7, 11) is -4.37. The first-order valence-electron chi connectivity index (χ1n) is 8.30. The molecule has 0 aliphatic heterocycles. The van der Waals surface area contributed by atoms with Gasteiger partial charge in [0.15, 0.2) is 23.1 Å². The maximum Gasteiger partial charge on any atom is 0.265 e. The third-order valence-electron chi connectivity index (χ3n) is 4.56. The standard InChI is InChI=1S/C20H13NO7S/c22-14-7-3-4-8-15(14)29(27,28)21-13-9-12-16(20(26)19(13)25)18(24)11-6-2-1-5-10(11)17(12)23/h1-9,21-22,25-26H. The van der Waals surface area contributed by atoms with E-state index in [-0.39, 0.29) is 16.7 Å². The number of para-hydroxylation sites is 1. The largest absolute Gasteiger partial charge is 0.507 e. The van der Waals surface area contributed by atoms with Gasteiger partial charge in [-0.2, -0.15) is 0 Å². The van der Waals surface area contributed by atoms with E-state index < -0.39 is 55.0 Å². The number of rotatable bonds is 3. The first-order chi connectivity index (χ1) is 13.7. The van der Waals surface area contributed by atoms with E-state index in [9.17, 15) is 33.3 Å². The minimum absolute atomic E-state index is 0.0715. The van der Waals surface area contributed by atoms with Crippen molar-refractivity contribution in [3.63, 3.8) is 0 Å². The molecule has 4 N–H and O–H groups in total. The molecule has 29 heavy (non-hydrogen) atoms. The Bertz CT molecular complexity index is 1310. The fraction of sp³-hybridized carbons (Fsp3) is 0. The van der Waals surface area contributed by atoms with Crippen LogP contribution in [-0.2, 0) is 10.0 Å². The number of phenols is 3. The summed E-state index contributed by atoms with van der Waals surface area (Å²) in [5, 5.41) is 30.4. The molecule has 0 radical (unpaired) electrons. The van der Waals surface area contributed by atoms with Gasteiger partial charge in [0.2, 0.25) is 0 Å². The molecule has 0 unspecified atom stereocenters. The number of hydrogen-bond acceptors (Lipinski definition) is 7. The summed E-state index contributed by atoms with van der Waals surface area (Å²) in [6.07, 6.45) is 0. The highest BCUT2D eigenvalue weighted by atomic mass is 32.2. The Balaban J connectivity index is 1.87. The fourth-order valence-electron chi connectivity index (χ4n) is 3.19. The Morgan fingerprint density at radius 2 is 1.31 bits per heavy atom. The van der Waals surface area contributed by atoms with Crippen molar-refractivity contribution in [2.75, 3.05) is 4.72 Å². The average Bonchev–Trinajstić information content (AvgIpc) is 2.69. The molecule has 0 saturated carbocycles. The third kappa shape index (κ3) is 2.79. The Kier molecular flexibility index (Phi) is 4.05. The highest BCUT2D eigenvalue weighted by molar-refractivity contribution is 7.92.